The van der Waals surface area contributed by atoms with E-state index in [2.05, 4.69) is 0 Å². The maximum absolute atomic E-state index is 12.2. The van der Waals surface area contributed by atoms with E-state index in [1.165, 1.54) is 24.3 Å². The third kappa shape index (κ3) is 4.92. The second kappa shape index (κ2) is 7.27. The molecule has 1 amide bonds. The van der Waals surface area contributed by atoms with Crippen LogP contribution in [0.5, 0.6) is 0 Å². The first kappa shape index (κ1) is 17.7. The molecule has 0 fully saturated rings. The second-order valence-corrected chi connectivity index (χ2v) is 7.51. The van der Waals surface area contributed by atoms with Crippen LogP contribution in [-0.4, -0.2) is 26.6 Å². The molecule has 24 heavy (non-hydrogen) atoms. The van der Waals surface area contributed by atoms with Crippen molar-refractivity contribution in [3.63, 3.8) is 0 Å². The Morgan fingerprint density at radius 3 is 2.12 bits per heavy atom. The zero-order valence-electron chi connectivity index (χ0n) is 13.0. The van der Waals surface area contributed by atoms with Crippen molar-refractivity contribution in [1.82, 2.24) is 0 Å². The van der Waals surface area contributed by atoms with E-state index in [-0.39, 0.29) is 11.3 Å². The normalized spacial score (nSPS) is 12.4. The predicted octanol–water partition coefficient (Wildman–Crippen LogP) is 1.61. The number of nitrogens with two attached hydrogens (primary N) is 1. The zero-order chi connectivity index (χ0) is 17.7. The van der Waals surface area contributed by atoms with Crippen LogP contribution in [0.25, 0.3) is 0 Å². The Hall–Kier alpha value is -2.67. The van der Waals surface area contributed by atoms with Gasteiger partial charge in [0.1, 0.15) is 0 Å². The maximum atomic E-state index is 12.2. The highest BCUT2D eigenvalue weighted by Crippen LogP contribution is 2.19. The number of primary amides is 1. The van der Waals surface area contributed by atoms with E-state index in [1.807, 2.05) is 0 Å². The summed E-state index contributed by atoms with van der Waals surface area (Å²) in [5, 5.41) is 0. The van der Waals surface area contributed by atoms with E-state index in [9.17, 15) is 18.0 Å². The number of benzene rings is 2. The lowest BCUT2D eigenvalue weighted by molar-refractivity contribution is -0.127. The highest BCUT2D eigenvalue weighted by atomic mass is 32.2. The van der Waals surface area contributed by atoms with E-state index in [0.29, 0.717) is 11.1 Å². The molecule has 2 N–H and O–H groups in total. The Morgan fingerprint density at radius 2 is 1.62 bits per heavy atom. The van der Waals surface area contributed by atoms with Gasteiger partial charge < -0.3 is 10.5 Å². The average molecular weight is 347 g/mol. The minimum Gasteiger partial charge on any atom is -0.444 e. The minimum absolute atomic E-state index is 0.115. The Morgan fingerprint density at radius 1 is 1.04 bits per heavy atom. The van der Waals surface area contributed by atoms with Gasteiger partial charge in [-0.25, -0.2) is 13.2 Å². The molecule has 6 nitrogen and oxygen atoms in total. The molecule has 0 radical (unpaired) electrons. The number of esters is 1. The monoisotopic (exact) mass is 347 g/mol. The zero-order valence-corrected chi connectivity index (χ0v) is 13.8. The van der Waals surface area contributed by atoms with Crippen LogP contribution in [0.2, 0.25) is 0 Å². The van der Waals surface area contributed by atoms with Gasteiger partial charge in [-0.2, -0.15) is 0 Å². The standard InChI is InChI=1S/C17H17NO5S/c1-24(21,22)11-12-7-9-14(10-8-12)17(20)23-15(16(18)19)13-5-3-2-4-6-13/h2-10,15H,11H2,1H3,(H2,18,19). The minimum atomic E-state index is -3.15. The fraction of sp³-hybridized carbons (Fsp3) is 0.176. The van der Waals surface area contributed by atoms with Gasteiger partial charge in [0.05, 0.1) is 11.3 Å². The first-order valence-electron chi connectivity index (χ1n) is 7.08. The number of amides is 1. The molecule has 2 aromatic carbocycles. The van der Waals surface area contributed by atoms with E-state index in [1.54, 1.807) is 30.3 Å². The number of sulfone groups is 1. The Labute approximate surface area is 140 Å². The first-order valence-corrected chi connectivity index (χ1v) is 9.14. The molecule has 7 heteroatoms. The van der Waals surface area contributed by atoms with Gasteiger partial charge in [0.15, 0.2) is 9.84 Å². The maximum Gasteiger partial charge on any atom is 0.339 e. The number of carbonyl (C=O) groups excluding carboxylic acids is 2. The SMILES string of the molecule is CS(=O)(=O)Cc1ccc(C(=O)OC(C(N)=O)c2ccccc2)cc1. The molecule has 126 valence electrons. The van der Waals surface area contributed by atoms with Crippen molar-refractivity contribution in [3.05, 3.63) is 71.3 Å². The van der Waals surface area contributed by atoms with Crippen molar-refractivity contribution in [3.8, 4) is 0 Å². The molecule has 0 aromatic heterocycles. The first-order chi connectivity index (χ1) is 11.3. The number of hydrogen-bond donors (Lipinski definition) is 1. The number of ether oxygens (including phenoxy) is 1. The molecule has 1 atom stereocenters. The van der Waals surface area contributed by atoms with Crippen LogP contribution in [-0.2, 0) is 25.1 Å². The van der Waals surface area contributed by atoms with Gasteiger partial charge in [-0.1, -0.05) is 42.5 Å². The van der Waals surface area contributed by atoms with E-state index in [4.69, 9.17) is 10.5 Å². The molecule has 2 rings (SSSR count). The van der Waals surface area contributed by atoms with Crippen molar-refractivity contribution in [2.24, 2.45) is 5.73 Å². The molecule has 1 unspecified atom stereocenters. The summed E-state index contributed by atoms with van der Waals surface area (Å²) in [7, 11) is -3.15. The van der Waals surface area contributed by atoms with Crippen LogP contribution in [0.1, 0.15) is 27.6 Å². The summed E-state index contributed by atoms with van der Waals surface area (Å²) in [6.45, 7) is 0. The van der Waals surface area contributed by atoms with Gasteiger partial charge >= 0.3 is 5.97 Å². The van der Waals surface area contributed by atoms with Crippen LogP contribution in [0, 0.1) is 0 Å². The third-order valence-corrected chi connectivity index (χ3v) is 4.06. The van der Waals surface area contributed by atoms with Crippen molar-refractivity contribution in [2.45, 2.75) is 11.9 Å². The molecule has 0 spiro atoms. The molecule has 0 saturated heterocycles. The van der Waals surface area contributed by atoms with Crippen molar-refractivity contribution >= 4 is 21.7 Å². The lowest BCUT2D eigenvalue weighted by Crippen LogP contribution is -2.26. The van der Waals surface area contributed by atoms with Crippen LogP contribution >= 0.6 is 0 Å². The van der Waals surface area contributed by atoms with Crippen molar-refractivity contribution in [1.29, 1.82) is 0 Å². The van der Waals surface area contributed by atoms with Crippen LogP contribution < -0.4 is 5.73 Å². The van der Waals surface area contributed by atoms with Gasteiger partial charge in [0.2, 0.25) is 6.10 Å². The lowest BCUT2D eigenvalue weighted by Gasteiger charge is -2.15. The molecule has 0 aliphatic carbocycles. The van der Waals surface area contributed by atoms with Gasteiger partial charge in [-0.3, -0.25) is 4.79 Å². The Balaban J connectivity index is 2.14. The molecular weight excluding hydrogens is 330 g/mol. The fourth-order valence-corrected chi connectivity index (χ4v) is 2.93. The highest BCUT2D eigenvalue weighted by molar-refractivity contribution is 7.89. The summed E-state index contributed by atoms with van der Waals surface area (Å²) in [5.74, 6) is -1.60. The summed E-state index contributed by atoms with van der Waals surface area (Å²) < 4.78 is 27.7. The topological polar surface area (TPSA) is 104 Å². The quantitative estimate of drug-likeness (QED) is 0.800. The summed E-state index contributed by atoms with van der Waals surface area (Å²) in [6.07, 6.45) is -0.0543. The van der Waals surface area contributed by atoms with Crippen LogP contribution in [0.4, 0.5) is 0 Å². The second-order valence-electron chi connectivity index (χ2n) is 5.37. The van der Waals surface area contributed by atoms with E-state index >= 15 is 0 Å². The van der Waals surface area contributed by atoms with E-state index in [0.717, 1.165) is 6.26 Å². The van der Waals surface area contributed by atoms with Gasteiger partial charge in [0.25, 0.3) is 5.91 Å². The third-order valence-electron chi connectivity index (χ3n) is 3.20. The molecule has 0 aliphatic rings. The fourth-order valence-electron chi connectivity index (χ4n) is 2.13. The van der Waals surface area contributed by atoms with Gasteiger partial charge in [-0.05, 0) is 17.7 Å². The number of hydrogen-bond acceptors (Lipinski definition) is 5. The van der Waals surface area contributed by atoms with E-state index < -0.39 is 27.8 Å². The number of carbonyl (C=O) groups is 2. The predicted molar refractivity (Wildman–Crippen MR) is 88.8 cm³/mol. The van der Waals surface area contributed by atoms with Crippen molar-refractivity contribution in [2.75, 3.05) is 6.26 Å². The number of rotatable bonds is 6. The summed E-state index contributed by atoms with van der Waals surface area (Å²) >= 11 is 0. The highest BCUT2D eigenvalue weighted by Gasteiger charge is 2.23. The van der Waals surface area contributed by atoms with Crippen LogP contribution in [0.3, 0.4) is 0 Å². The van der Waals surface area contributed by atoms with Gasteiger partial charge in [-0.15, -0.1) is 0 Å². The largest absolute Gasteiger partial charge is 0.444 e. The molecule has 2 aromatic rings. The Kier molecular flexibility index (Phi) is 5.35. The molecule has 0 bridgehead atoms. The van der Waals surface area contributed by atoms with Crippen molar-refractivity contribution < 1.29 is 22.7 Å². The Bertz CT molecular complexity index is 829. The summed E-state index contributed by atoms with van der Waals surface area (Å²) in [6, 6.07) is 14.4. The molecule has 0 heterocycles. The van der Waals surface area contributed by atoms with Gasteiger partial charge in [0, 0.05) is 11.8 Å². The van der Waals surface area contributed by atoms with Crippen LogP contribution in [0.15, 0.2) is 54.6 Å². The smallest absolute Gasteiger partial charge is 0.339 e. The molecular formula is C17H17NO5S. The molecule has 0 aliphatic heterocycles. The molecule has 0 saturated carbocycles. The summed E-state index contributed by atoms with van der Waals surface area (Å²) in [4.78, 5) is 23.7. The lowest BCUT2D eigenvalue weighted by atomic mass is 10.1. The average Bonchev–Trinajstić information content (AvgIpc) is 2.52. The summed E-state index contributed by atoms with van der Waals surface area (Å²) in [5.41, 5.74) is 6.55.